The number of anilines is 1. The lowest BCUT2D eigenvalue weighted by atomic mass is 9.87. The van der Waals surface area contributed by atoms with E-state index in [2.05, 4.69) is 10.4 Å². The Bertz CT molecular complexity index is 965. The van der Waals surface area contributed by atoms with E-state index >= 15 is 0 Å². The fourth-order valence-electron chi connectivity index (χ4n) is 3.34. The zero-order valence-electron chi connectivity index (χ0n) is 15.7. The fourth-order valence-corrected chi connectivity index (χ4v) is 3.34. The number of hydrogen-bond donors (Lipinski definition) is 1. The van der Waals surface area contributed by atoms with E-state index in [-0.39, 0.29) is 12.4 Å². The predicted molar refractivity (Wildman–Crippen MR) is 92.2 cm³/mol. The van der Waals surface area contributed by atoms with Gasteiger partial charge < -0.3 is 10.2 Å². The lowest BCUT2D eigenvalue weighted by Crippen LogP contribution is -2.33. The van der Waals surface area contributed by atoms with E-state index in [0.29, 0.717) is 11.6 Å². The van der Waals surface area contributed by atoms with Crippen molar-refractivity contribution in [2.24, 2.45) is 13.0 Å². The number of aryl methyl sites for hydroxylation is 1. The van der Waals surface area contributed by atoms with Crippen molar-refractivity contribution in [2.45, 2.75) is 18.3 Å². The third-order valence-corrected chi connectivity index (χ3v) is 4.89. The van der Waals surface area contributed by atoms with Gasteiger partial charge in [-0.05, 0) is 17.7 Å². The Morgan fingerprint density at radius 2 is 1.67 bits per heavy atom. The summed E-state index contributed by atoms with van der Waals surface area (Å²) in [7, 11) is 2.62. The highest BCUT2D eigenvalue weighted by molar-refractivity contribution is 6.08. The summed E-state index contributed by atoms with van der Waals surface area (Å²) >= 11 is 0. The molecule has 6 nitrogen and oxygen atoms in total. The highest BCUT2D eigenvalue weighted by Gasteiger charge is 2.45. The number of rotatable bonds is 3. The first-order valence-corrected chi connectivity index (χ1v) is 8.63. The molecule has 30 heavy (non-hydrogen) atoms. The van der Waals surface area contributed by atoms with Crippen molar-refractivity contribution in [3.8, 4) is 0 Å². The monoisotopic (exact) mass is 434 g/mol. The lowest BCUT2D eigenvalue weighted by molar-refractivity contribution is -0.141. The summed E-state index contributed by atoms with van der Waals surface area (Å²) in [6.07, 6.45) is -9.25. The van der Waals surface area contributed by atoms with Crippen LogP contribution >= 0.6 is 0 Å². The number of carbonyl (C=O) groups is 2. The second-order valence-corrected chi connectivity index (χ2v) is 6.95. The average molecular weight is 434 g/mol. The number of alkyl halides is 6. The number of carbonyl (C=O) groups excluding carboxylic acids is 2. The number of likely N-dealkylation sites (tertiary alicyclic amines) is 1. The Morgan fingerprint density at radius 3 is 2.17 bits per heavy atom. The third-order valence-electron chi connectivity index (χ3n) is 4.89. The van der Waals surface area contributed by atoms with E-state index in [9.17, 15) is 35.9 Å². The fraction of sp³-hybridized carbons (Fsp3) is 0.389. The van der Waals surface area contributed by atoms with Crippen LogP contribution in [-0.4, -0.2) is 40.1 Å². The van der Waals surface area contributed by atoms with Crippen molar-refractivity contribution >= 4 is 17.6 Å². The van der Waals surface area contributed by atoms with Gasteiger partial charge in [-0.25, -0.2) is 0 Å². The number of nitrogens with zero attached hydrogens (tertiary/aromatic N) is 3. The Balaban J connectivity index is 1.86. The molecule has 1 aromatic heterocycles. The Labute approximate surface area is 166 Å². The molecular formula is C18H16F6N4O2. The summed E-state index contributed by atoms with van der Waals surface area (Å²) in [5, 5.41) is 5.55. The molecule has 0 aliphatic carbocycles. The molecule has 0 saturated carbocycles. The maximum Gasteiger partial charge on any atom is 0.435 e. The van der Waals surface area contributed by atoms with E-state index in [1.165, 1.54) is 31.1 Å². The molecule has 2 heterocycles. The van der Waals surface area contributed by atoms with Gasteiger partial charge in [0.1, 0.15) is 11.7 Å². The number of aromatic nitrogens is 2. The van der Waals surface area contributed by atoms with Crippen molar-refractivity contribution in [2.75, 3.05) is 18.9 Å². The van der Waals surface area contributed by atoms with E-state index in [1.54, 1.807) is 0 Å². The minimum absolute atomic E-state index is 0.0709. The molecule has 1 aliphatic rings. The van der Waals surface area contributed by atoms with Crippen LogP contribution in [-0.2, 0) is 29.0 Å². The summed E-state index contributed by atoms with van der Waals surface area (Å²) in [6.45, 7) is 0.0709. The Hall–Kier alpha value is -3.05. The molecule has 1 fully saturated rings. The van der Waals surface area contributed by atoms with Crippen LogP contribution in [0.15, 0.2) is 30.3 Å². The highest BCUT2D eigenvalue weighted by Crippen LogP contribution is 2.36. The van der Waals surface area contributed by atoms with Gasteiger partial charge in [0.25, 0.3) is 0 Å². The Morgan fingerprint density at radius 1 is 1.07 bits per heavy atom. The van der Waals surface area contributed by atoms with E-state index < -0.39 is 47.3 Å². The molecule has 1 N–H and O–H groups in total. The van der Waals surface area contributed by atoms with Gasteiger partial charge in [0, 0.05) is 32.6 Å². The molecule has 162 valence electrons. The van der Waals surface area contributed by atoms with Crippen LogP contribution in [0.4, 0.5) is 32.2 Å². The average Bonchev–Trinajstić information content (AvgIpc) is 3.14. The smallest absolute Gasteiger partial charge is 0.344 e. The molecule has 0 unspecified atom stereocenters. The van der Waals surface area contributed by atoms with Crippen LogP contribution in [0.2, 0.25) is 0 Å². The van der Waals surface area contributed by atoms with Crippen LogP contribution in [0.5, 0.6) is 0 Å². The summed E-state index contributed by atoms with van der Waals surface area (Å²) in [5.41, 5.74) is -1.75. The standard InChI is InChI=1S/C18H16F6N4O2/c1-27-8-11(9-3-5-10(6-4-9)17(19,20)21)14(16(27)30)15(29)25-13-7-12(18(22,23)24)26-28(13)2/h3-7,11,14H,8H2,1-2H3,(H,25,29)/t11-,14+/m0/s1. The van der Waals surface area contributed by atoms with Crippen LogP contribution in [0.3, 0.4) is 0 Å². The third kappa shape index (κ3) is 4.12. The number of hydrogen-bond acceptors (Lipinski definition) is 3. The zero-order chi connectivity index (χ0) is 22.4. The van der Waals surface area contributed by atoms with Gasteiger partial charge in [-0.3, -0.25) is 14.3 Å². The van der Waals surface area contributed by atoms with E-state index in [4.69, 9.17) is 0 Å². The van der Waals surface area contributed by atoms with Gasteiger partial charge in [-0.1, -0.05) is 12.1 Å². The van der Waals surface area contributed by atoms with Gasteiger partial charge in [0.15, 0.2) is 5.69 Å². The SMILES string of the molecule is CN1C[C@@H](c2ccc(C(F)(F)F)cc2)[C@H](C(=O)Nc2cc(C(F)(F)F)nn2C)C1=O. The Kier molecular flexibility index (Phi) is 5.29. The minimum atomic E-state index is -4.72. The molecule has 2 aromatic rings. The summed E-state index contributed by atoms with van der Waals surface area (Å²) in [5.74, 6) is -3.79. The normalized spacial score (nSPS) is 20.0. The van der Waals surface area contributed by atoms with Gasteiger partial charge in [0.2, 0.25) is 11.8 Å². The van der Waals surface area contributed by atoms with Crippen LogP contribution in [0, 0.1) is 5.92 Å². The molecular weight excluding hydrogens is 418 g/mol. The van der Waals surface area contributed by atoms with Gasteiger partial charge >= 0.3 is 12.4 Å². The van der Waals surface area contributed by atoms with E-state index in [0.717, 1.165) is 16.8 Å². The number of amides is 2. The molecule has 12 heteroatoms. The largest absolute Gasteiger partial charge is 0.435 e. The molecule has 0 spiro atoms. The van der Waals surface area contributed by atoms with E-state index in [1.807, 2.05) is 0 Å². The maximum atomic E-state index is 12.8. The quantitative estimate of drug-likeness (QED) is 0.596. The molecule has 2 atom stereocenters. The molecule has 1 aliphatic heterocycles. The number of nitrogens with one attached hydrogen (secondary N) is 1. The summed E-state index contributed by atoms with van der Waals surface area (Å²) < 4.78 is 77.6. The first-order valence-electron chi connectivity index (χ1n) is 8.63. The van der Waals surface area contributed by atoms with Crippen molar-refractivity contribution < 1.29 is 35.9 Å². The van der Waals surface area contributed by atoms with Crippen molar-refractivity contribution in [1.29, 1.82) is 0 Å². The van der Waals surface area contributed by atoms with Crippen LogP contribution < -0.4 is 5.32 Å². The number of benzene rings is 1. The number of halogens is 6. The van der Waals surface area contributed by atoms with Gasteiger partial charge in [-0.15, -0.1) is 0 Å². The molecule has 0 radical (unpaired) electrons. The molecule has 3 rings (SSSR count). The zero-order valence-corrected chi connectivity index (χ0v) is 15.7. The second-order valence-electron chi connectivity index (χ2n) is 6.95. The van der Waals surface area contributed by atoms with Gasteiger partial charge in [0.05, 0.1) is 5.56 Å². The first kappa shape index (κ1) is 21.7. The lowest BCUT2D eigenvalue weighted by Gasteiger charge is -2.17. The topological polar surface area (TPSA) is 67.2 Å². The summed E-state index contributed by atoms with van der Waals surface area (Å²) in [6, 6.07) is 4.71. The van der Waals surface area contributed by atoms with Crippen molar-refractivity contribution in [3.63, 3.8) is 0 Å². The summed E-state index contributed by atoms with van der Waals surface area (Å²) in [4.78, 5) is 26.5. The second kappa shape index (κ2) is 7.33. The van der Waals surface area contributed by atoms with Crippen molar-refractivity contribution in [1.82, 2.24) is 14.7 Å². The minimum Gasteiger partial charge on any atom is -0.344 e. The van der Waals surface area contributed by atoms with Crippen molar-refractivity contribution in [3.05, 3.63) is 47.2 Å². The molecule has 1 saturated heterocycles. The maximum absolute atomic E-state index is 12.8. The van der Waals surface area contributed by atoms with Crippen LogP contribution in [0.1, 0.15) is 22.7 Å². The molecule has 0 bridgehead atoms. The predicted octanol–water partition coefficient (Wildman–Crippen LogP) is 3.27. The highest BCUT2D eigenvalue weighted by atomic mass is 19.4. The number of likely N-dealkylation sites (N-methyl/N-ethyl adjacent to an activating group) is 1. The molecule has 2 amide bonds. The first-order chi connectivity index (χ1) is 13.8. The van der Waals surface area contributed by atoms with Gasteiger partial charge in [-0.2, -0.15) is 31.4 Å². The molecule has 1 aromatic carbocycles. The van der Waals surface area contributed by atoms with Crippen LogP contribution in [0.25, 0.3) is 0 Å².